The van der Waals surface area contributed by atoms with Crippen molar-refractivity contribution in [3.05, 3.63) is 36.0 Å². The van der Waals surface area contributed by atoms with Crippen LogP contribution in [0.15, 0.2) is 18.2 Å². The molecule has 120 valence electrons. The molecule has 1 N–H and O–H groups in total. The zero-order valence-electron chi connectivity index (χ0n) is 14.3. The molecule has 0 bridgehead atoms. The Morgan fingerprint density at radius 1 is 1.10 bits per heavy atom. The summed E-state index contributed by atoms with van der Waals surface area (Å²) in [5, 5.41) is 0. The van der Waals surface area contributed by atoms with Crippen LogP contribution in [0.2, 0.25) is 13.1 Å². The van der Waals surface area contributed by atoms with E-state index in [1.807, 2.05) is 32.9 Å². The van der Waals surface area contributed by atoms with Crippen LogP contribution in [0.5, 0.6) is 0 Å². The van der Waals surface area contributed by atoms with Crippen molar-refractivity contribution < 1.29 is 26.2 Å². The van der Waals surface area contributed by atoms with Gasteiger partial charge in [0.15, 0.2) is 0 Å². The van der Waals surface area contributed by atoms with Crippen molar-refractivity contribution in [3.8, 4) is 0 Å². The Bertz CT molecular complexity index is 172. The summed E-state index contributed by atoms with van der Waals surface area (Å²) < 4.78 is 0. The van der Waals surface area contributed by atoms with E-state index in [4.69, 9.17) is 5.73 Å². The minimum Gasteiger partial charge on any atom is -0.673 e. The van der Waals surface area contributed by atoms with Gasteiger partial charge in [0.1, 0.15) is 0 Å². The first-order valence-electron chi connectivity index (χ1n) is 6.12. The summed E-state index contributed by atoms with van der Waals surface area (Å²) in [7, 11) is 0.750. The van der Waals surface area contributed by atoms with Crippen molar-refractivity contribution in [2.75, 3.05) is 0 Å². The van der Waals surface area contributed by atoms with Crippen LogP contribution in [-0.2, 0) is 26.2 Å². The van der Waals surface area contributed by atoms with Gasteiger partial charge in [-0.15, -0.1) is 36.8 Å². The van der Waals surface area contributed by atoms with Crippen LogP contribution in [0.4, 0.5) is 0 Å². The molecule has 1 aliphatic rings. The van der Waals surface area contributed by atoms with Crippen LogP contribution < -0.4 is 0 Å². The smallest absolute Gasteiger partial charge is 0.673 e. The normalized spacial score (nSPS) is 10.1. The average Bonchev–Trinajstić information content (AvgIpc) is 2.54. The Kier molecular flexibility index (Phi) is 52.9. The van der Waals surface area contributed by atoms with Crippen LogP contribution in [0.25, 0.3) is 5.73 Å². The molecular formula is C15H33Cl2NSiZr. The molecule has 5 heteroatoms. The van der Waals surface area contributed by atoms with Crippen LogP contribution in [0.1, 0.15) is 48.0 Å². The van der Waals surface area contributed by atoms with Gasteiger partial charge in [0, 0.05) is 9.52 Å². The van der Waals surface area contributed by atoms with E-state index in [0.717, 1.165) is 15.9 Å². The van der Waals surface area contributed by atoms with Gasteiger partial charge in [0.25, 0.3) is 0 Å². The second-order valence-corrected chi connectivity index (χ2v) is 6.49. The van der Waals surface area contributed by atoms with Gasteiger partial charge in [-0.1, -0.05) is 33.9 Å². The summed E-state index contributed by atoms with van der Waals surface area (Å²) in [6.45, 7) is 16.2. The van der Waals surface area contributed by atoms with E-state index in [1.54, 1.807) is 0 Å². The van der Waals surface area contributed by atoms with Crippen molar-refractivity contribution in [3.63, 3.8) is 0 Å². The molecule has 20 heavy (non-hydrogen) atoms. The van der Waals surface area contributed by atoms with Crippen LogP contribution in [0.3, 0.4) is 0 Å². The fraction of sp³-hybridized carbons (Fsp3) is 0.667. The third kappa shape index (κ3) is 168. The molecule has 0 unspecified atom stereocenters. The fourth-order valence-electron chi connectivity index (χ4n) is 0.340. The van der Waals surface area contributed by atoms with Gasteiger partial charge in [-0.25, -0.2) is 12.2 Å². The molecule has 2 radical (unpaired) electrons. The quantitative estimate of drug-likeness (QED) is 0.335. The maximum absolute atomic E-state index is 6.94. The molecule has 1 aliphatic carbocycles. The molecule has 1 rings (SSSR count). The fourth-order valence-corrected chi connectivity index (χ4v) is 0.340. The van der Waals surface area contributed by atoms with E-state index in [2.05, 4.69) is 46.0 Å². The number of halogens is 2. The van der Waals surface area contributed by atoms with E-state index >= 15 is 0 Å². The summed E-state index contributed by atoms with van der Waals surface area (Å²) in [5.74, 6) is 1.42. The Balaban J connectivity index is -0.0000000317. The standard InChI is InChI=1S/C5H5.C4H10N.C4H9.C2H7Si.2ClH.Zr/c1-2-4-5-3-1;1-4(2,3)5;1-4(2)3;1-3-2;;;/h1-3H,4H2;5H,1-3H3;1-3H3;3H,1-2H3;2*1H;/q3*-1;;;;+3. The summed E-state index contributed by atoms with van der Waals surface area (Å²) >= 11 is 0. The summed E-state index contributed by atoms with van der Waals surface area (Å²) in [6, 6.07) is 0. The van der Waals surface area contributed by atoms with Crippen molar-refractivity contribution >= 4 is 34.3 Å². The Morgan fingerprint density at radius 2 is 1.35 bits per heavy atom. The van der Waals surface area contributed by atoms with E-state index < -0.39 is 0 Å². The van der Waals surface area contributed by atoms with Crippen LogP contribution >= 0.6 is 24.8 Å². The van der Waals surface area contributed by atoms with E-state index in [0.29, 0.717) is 0 Å². The van der Waals surface area contributed by atoms with Gasteiger partial charge >= 0.3 is 26.2 Å². The Hall–Kier alpha value is 1.12. The number of rotatable bonds is 0. The zero-order chi connectivity index (χ0) is 14.3. The first-order valence-corrected chi connectivity index (χ1v) is 8.43. The minimum atomic E-state index is -0.250. The first-order chi connectivity index (χ1) is 7.65. The maximum atomic E-state index is 6.94. The van der Waals surface area contributed by atoms with Crippen LogP contribution in [0, 0.1) is 12.0 Å². The van der Waals surface area contributed by atoms with Crippen LogP contribution in [-0.4, -0.2) is 15.1 Å². The maximum Gasteiger partial charge on any atom is 3.00 e. The van der Waals surface area contributed by atoms with Crippen molar-refractivity contribution in [2.45, 2.75) is 66.6 Å². The second kappa shape index (κ2) is 28.3. The largest absolute Gasteiger partial charge is 3.00 e. The molecular weight excluding hydrogens is 384 g/mol. The second-order valence-electron chi connectivity index (χ2n) is 5.33. The molecule has 0 saturated carbocycles. The Labute approximate surface area is 162 Å². The van der Waals surface area contributed by atoms with Gasteiger partial charge in [-0.2, -0.15) is 26.8 Å². The summed E-state index contributed by atoms with van der Waals surface area (Å²) in [5.41, 5.74) is 6.69. The third-order valence-corrected chi connectivity index (χ3v) is 0.586. The van der Waals surface area contributed by atoms with Gasteiger partial charge in [0.05, 0.1) is 0 Å². The number of allylic oxidation sites excluding steroid dienone is 4. The number of nitrogens with one attached hydrogen (secondary N) is 1. The molecule has 0 saturated heterocycles. The summed E-state index contributed by atoms with van der Waals surface area (Å²) in [6.07, 6.45) is 10.0. The van der Waals surface area contributed by atoms with Crippen molar-refractivity contribution in [2.24, 2.45) is 0 Å². The topological polar surface area (TPSA) is 23.8 Å². The summed E-state index contributed by atoms with van der Waals surface area (Å²) in [4.78, 5) is 0. The van der Waals surface area contributed by atoms with E-state index in [-0.39, 0.29) is 56.6 Å². The minimum absolute atomic E-state index is 0. The van der Waals surface area contributed by atoms with Gasteiger partial charge in [-0.3, -0.25) is 6.08 Å². The van der Waals surface area contributed by atoms with E-state index in [9.17, 15) is 0 Å². The van der Waals surface area contributed by atoms with Gasteiger partial charge in [0.2, 0.25) is 0 Å². The third-order valence-electron chi connectivity index (χ3n) is 0.586. The molecule has 0 aromatic carbocycles. The predicted molar refractivity (Wildman–Crippen MR) is 99.3 cm³/mol. The monoisotopic (exact) mass is 415 g/mol. The number of hydrogen-bond donors (Lipinski definition) is 0. The molecule has 0 fully saturated rings. The zero-order valence-corrected chi connectivity index (χ0v) is 19.6. The molecule has 0 spiro atoms. The molecule has 0 atom stereocenters. The predicted octanol–water partition coefficient (Wildman–Crippen LogP) is 6.12. The number of hydrogen-bond acceptors (Lipinski definition) is 0. The molecule has 0 aliphatic heterocycles. The molecule has 0 amide bonds. The average molecular weight is 418 g/mol. The van der Waals surface area contributed by atoms with Gasteiger partial charge < -0.3 is 11.7 Å². The van der Waals surface area contributed by atoms with Gasteiger partial charge in [-0.05, 0) is 0 Å². The van der Waals surface area contributed by atoms with Crippen molar-refractivity contribution in [1.29, 1.82) is 0 Å². The molecule has 0 aromatic rings. The molecule has 0 heterocycles. The molecule has 0 aromatic heterocycles. The first kappa shape index (κ1) is 37.4. The SMILES string of the molecule is CC(C)(C)[NH-].C[C-](C)C.C[SiH]C.Cl.Cl.[C-]1=CC=CC1.[Zr+3]. The van der Waals surface area contributed by atoms with Crippen molar-refractivity contribution in [1.82, 2.24) is 0 Å². The molecule has 1 nitrogen and oxygen atoms in total. The van der Waals surface area contributed by atoms with E-state index in [1.165, 1.54) is 5.92 Å². The Morgan fingerprint density at radius 3 is 1.40 bits per heavy atom.